The average Bonchev–Trinajstić information content (AvgIpc) is 3.53. The second-order valence-electron chi connectivity index (χ2n) is 20.7. The summed E-state index contributed by atoms with van der Waals surface area (Å²) in [7, 11) is 2.57. The summed E-state index contributed by atoms with van der Waals surface area (Å²) in [5, 5.41) is 0. The molecule has 294 valence electrons. The molecule has 0 aromatic heterocycles. The van der Waals surface area contributed by atoms with Gasteiger partial charge in [-0.3, -0.25) is 9.80 Å². The molecule has 8 aliphatic rings. The highest BCUT2D eigenvalue weighted by Crippen LogP contribution is 2.55. The maximum Gasteiger partial charge on any atom is 0.0278 e. The maximum absolute atomic E-state index is 3.29. The van der Waals surface area contributed by atoms with Crippen molar-refractivity contribution in [3.05, 3.63) is 24.3 Å². The van der Waals surface area contributed by atoms with E-state index < -0.39 is 0 Å². The van der Waals surface area contributed by atoms with Crippen LogP contribution in [0.5, 0.6) is 0 Å². The van der Waals surface area contributed by atoms with Crippen molar-refractivity contribution in [2.24, 2.45) is 59.2 Å². The Balaban J connectivity index is 0.927. The van der Waals surface area contributed by atoms with Crippen molar-refractivity contribution in [2.45, 2.75) is 224 Å². The number of rotatable bonds is 10. The molecule has 9 unspecified atom stereocenters. The second-order valence-corrected chi connectivity index (χ2v) is 20.7. The van der Waals surface area contributed by atoms with Crippen molar-refractivity contribution >= 4 is 0 Å². The molecule has 0 amide bonds. The Hall–Kier alpha value is -0.600. The lowest BCUT2D eigenvalue weighted by Crippen LogP contribution is -2.51. The summed E-state index contributed by atoms with van der Waals surface area (Å²) >= 11 is 0. The molecule has 1 heterocycles. The lowest BCUT2D eigenvalue weighted by atomic mass is 9.61. The van der Waals surface area contributed by atoms with Crippen LogP contribution in [0.15, 0.2) is 24.3 Å². The van der Waals surface area contributed by atoms with Gasteiger partial charge in [-0.2, -0.15) is 0 Å². The summed E-state index contributed by atoms with van der Waals surface area (Å²) in [5.74, 6) is 9.67. The Morgan fingerprint density at radius 1 is 0.558 bits per heavy atom. The minimum absolute atomic E-state index is 0.676. The summed E-state index contributed by atoms with van der Waals surface area (Å²) in [6, 6.07) is 4.20. The molecule has 52 heavy (non-hydrogen) atoms. The van der Waals surface area contributed by atoms with E-state index in [1.54, 1.807) is 44.9 Å². The summed E-state index contributed by atoms with van der Waals surface area (Å²) in [6.45, 7) is 5.08. The van der Waals surface area contributed by atoms with Crippen LogP contribution in [-0.4, -0.2) is 47.1 Å². The Morgan fingerprint density at radius 2 is 1.21 bits per heavy atom. The third kappa shape index (κ3) is 8.25. The zero-order chi connectivity index (χ0) is 35.4. The fourth-order valence-corrected chi connectivity index (χ4v) is 15.7. The number of allylic oxidation sites excluding steroid dienone is 3. The van der Waals surface area contributed by atoms with E-state index in [1.165, 1.54) is 135 Å². The molecule has 1 aliphatic heterocycles. The first-order valence-corrected chi connectivity index (χ1v) is 24.5. The van der Waals surface area contributed by atoms with Crippen LogP contribution >= 0.6 is 0 Å². The van der Waals surface area contributed by atoms with Gasteiger partial charge in [0.2, 0.25) is 0 Å². The smallest absolute Gasteiger partial charge is 0.0278 e. The predicted octanol–water partition coefficient (Wildman–Crippen LogP) is 13.4. The number of hydrogen-bond donors (Lipinski definition) is 0. The van der Waals surface area contributed by atoms with E-state index in [0.29, 0.717) is 6.04 Å². The minimum Gasteiger partial charge on any atom is -0.297 e. The summed E-state index contributed by atoms with van der Waals surface area (Å²) in [4.78, 5) is 6.25. The minimum atomic E-state index is 0.676. The van der Waals surface area contributed by atoms with Crippen molar-refractivity contribution in [3.63, 3.8) is 0 Å². The molecule has 8 rings (SSSR count). The summed E-state index contributed by atoms with van der Waals surface area (Å²) < 4.78 is 0. The first-order chi connectivity index (χ1) is 25.6. The van der Waals surface area contributed by atoms with Gasteiger partial charge >= 0.3 is 0 Å². The van der Waals surface area contributed by atoms with E-state index in [1.807, 2.05) is 0 Å². The summed E-state index contributed by atoms with van der Waals surface area (Å²) in [5.41, 5.74) is 0. The van der Waals surface area contributed by atoms with Gasteiger partial charge in [0.15, 0.2) is 0 Å². The van der Waals surface area contributed by atoms with Gasteiger partial charge in [-0.25, -0.2) is 0 Å². The Morgan fingerprint density at radius 3 is 1.87 bits per heavy atom. The van der Waals surface area contributed by atoms with Crippen LogP contribution in [-0.2, 0) is 0 Å². The standard InChI is InChI=1S/C50H84N2/c1-4-15-49-45(5-2)47-35-42(27-33-50(47)52(49)44-30-24-39(25-31-44)37-18-11-7-12-19-37)41-26-32-48(46(34-41)40-20-13-8-14-21-40)51(3)43-28-22-38(23-29-43)36-16-9-6-10-17-36/h9,16,22,28,36-50H,4-8,10-15,17-21,23-27,29-35H2,1-3H3/t36?,38-,39?,41?,42?,43?,44?,45?,46?,47?,48?,49?,50+/m1/s1. The topological polar surface area (TPSA) is 6.48 Å². The molecule has 0 bridgehead atoms. The van der Waals surface area contributed by atoms with Crippen LogP contribution in [0.2, 0.25) is 0 Å². The van der Waals surface area contributed by atoms with Crippen molar-refractivity contribution in [1.82, 2.24) is 9.80 Å². The van der Waals surface area contributed by atoms with Crippen molar-refractivity contribution in [3.8, 4) is 0 Å². The fraction of sp³-hybridized carbons (Fsp3) is 0.920. The molecule has 1 saturated heterocycles. The van der Waals surface area contributed by atoms with Crippen LogP contribution in [0.25, 0.3) is 0 Å². The van der Waals surface area contributed by atoms with Gasteiger partial charge in [0.05, 0.1) is 0 Å². The molecule has 0 N–H and O–H groups in total. The van der Waals surface area contributed by atoms with Gasteiger partial charge in [0.1, 0.15) is 0 Å². The largest absolute Gasteiger partial charge is 0.297 e. The molecule has 6 fully saturated rings. The maximum atomic E-state index is 3.29. The van der Waals surface area contributed by atoms with Crippen LogP contribution in [0, 0.1) is 59.2 Å². The number of hydrogen-bond acceptors (Lipinski definition) is 2. The van der Waals surface area contributed by atoms with Gasteiger partial charge in [-0.1, -0.05) is 115 Å². The molecule has 0 radical (unpaired) electrons. The van der Waals surface area contributed by atoms with E-state index in [2.05, 4.69) is 55.0 Å². The predicted molar refractivity (Wildman–Crippen MR) is 222 cm³/mol. The van der Waals surface area contributed by atoms with Gasteiger partial charge in [-0.15, -0.1) is 0 Å². The monoisotopic (exact) mass is 713 g/mol. The number of nitrogens with zero attached hydrogens (tertiary/aromatic N) is 2. The number of fused-ring (bicyclic) bond motifs is 1. The van der Waals surface area contributed by atoms with Gasteiger partial charge in [-0.05, 0) is 169 Å². The van der Waals surface area contributed by atoms with E-state index >= 15 is 0 Å². The molecule has 7 aliphatic carbocycles. The molecule has 0 aromatic rings. The van der Waals surface area contributed by atoms with Crippen molar-refractivity contribution in [2.75, 3.05) is 7.05 Å². The Bertz CT molecular complexity index is 1140. The highest BCUT2D eigenvalue weighted by Gasteiger charge is 2.53. The normalized spacial score (nSPS) is 44.3. The zero-order valence-electron chi connectivity index (χ0n) is 34.7. The first kappa shape index (κ1) is 38.3. The molecule has 0 spiro atoms. The molecule has 11 atom stereocenters. The fourth-order valence-electron chi connectivity index (χ4n) is 15.7. The molecule has 0 aromatic carbocycles. The third-order valence-electron chi connectivity index (χ3n) is 18.3. The molecule has 5 saturated carbocycles. The SMILES string of the molecule is CCCC1C(CC)C2CC(C3CCC(N(C)C4C=C[C@@H](C5C=CCCC5)CC4)C(C4CCCCC4)C3)CC[C@@H]2N1C1CCC(C2CCCCC2)CC1. The van der Waals surface area contributed by atoms with E-state index in [0.717, 1.165) is 83.3 Å². The molecular weight excluding hydrogens is 629 g/mol. The second kappa shape index (κ2) is 18.1. The zero-order valence-corrected chi connectivity index (χ0v) is 34.7. The molecular formula is C50H84N2. The molecule has 2 nitrogen and oxygen atoms in total. The van der Waals surface area contributed by atoms with Crippen molar-refractivity contribution < 1.29 is 0 Å². The molecule has 2 heteroatoms. The van der Waals surface area contributed by atoms with Gasteiger partial charge in [0, 0.05) is 30.2 Å². The Labute approximate surface area is 323 Å². The third-order valence-corrected chi connectivity index (χ3v) is 18.3. The summed E-state index contributed by atoms with van der Waals surface area (Å²) in [6.07, 6.45) is 52.2. The van der Waals surface area contributed by atoms with Crippen LogP contribution in [0.3, 0.4) is 0 Å². The highest BCUT2D eigenvalue weighted by atomic mass is 15.3. The van der Waals surface area contributed by atoms with Crippen LogP contribution in [0.4, 0.5) is 0 Å². The van der Waals surface area contributed by atoms with Crippen LogP contribution < -0.4 is 0 Å². The lowest BCUT2D eigenvalue weighted by molar-refractivity contribution is 0.00141. The first-order valence-electron chi connectivity index (χ1n) is 24.5. The highest BCUT2D eigenvalue weighted by molar-refractivity contribution is 5.10. The van der Waals surface area contributed by atoms with Gasteiger partial charge in [0.25, 0.3) is 0 Å². The van der Waals surface area contributed by atoms with Crippen molar-refractivity contribution in [1.29, 1.82) is 0 Å². The number of likely N-dealkylation sites (tertiary alicyclic amines) is 1. The Kier molecular flexibility index (Phi) is 13.3. The number of likely N-dealkylation sites (N-methyl/N-ethyl adjacent to an activating group) is 1. The van der Waals surface area contributed by atoms with E-state index in [9.17, 15) is 0 Å². The average molecular weight is 713 g/mol. The van der Waals surface area contributed by atoms with Gasteiger partial charge < -0.3 is 0 Å². The lowest BCUT2D eigenvalue weighted by Gasteiger charge is -2.51. The quantitative estimate of drug-likeness (QED) is 0.208. The van der Waals surface area contributed by atoms with Crippen LogP contribution in [0.1, 0.15) is 194 Å². The van der Waals surface area contributed by atoms with E-state index in [-0.39, 0.29) is 0 Å². The van der Waals surface area contributed by atoms with E-state index in [4.69, 9.17) is 0 Å².